The zero-order valence-electron chi connectivity index (χ0n) is 43.0. The van der Waals surface area contributed by atoms with Crippen LogP contribution in [0.2, 0.25) is 0 Å². The highest BCUT2D eigenvalue weighted by Gasteiger charge is 2.10. The number of unbranched alkanes of at least 4 members (excludes halogenated alkanes) is 43. The van der Waals surface area contributed by atoms with E-state index in [2.05, 4.69) is 20.8 Å². The molecular formula is C58H114O4. The predicted octanol–water partition coefficient (Wildman–Crippen LogP) is 20.3. The summed E-state index contributed by atoms with van der Waals surface area (Å²) in [4.78, 5) is 24.1. The van der Waals surface area contributed by atoms with E-state index in [4.69, 9.17) is 9.47 Å². The number of carbonyl (C=O) groups is 2. The van der Waals surface area contributed by atoms with Crippen LogP contribution >= 0.6 is 0 Å². The van der Waals surface area contributed by atoms with Gasteiger partial charge >= 0.3 is 11.9 Å². The van der Waals surface area contributed by atoms with Crippen LogP contribution in [0.1, 0.15) is 342 Å². The standard InChI is InChI=1S/C58H114O4/c1-4-7-9-10-11-12-13-14-15-32-35-38-41-44-47-50-54-61-57(59)52-48-45-42-39-36-33-30-28-26-24-22-20-18-16-17-19-21-23-25-27-29-31-34-37-40-43-46-49-53-58(60)62-55-56(6-3)51-8-5-2/h56H,4-55H2,1-3H3. The van der Waals surface area contributed by atoms with E-state index in [-0.39, 0.29) is 11.9 Å². The SMILES string of the molecule is CCCCCCCCCCCCCCCCCCOC(=O)CCCCCCCCCCCCCCCCCCCCCCCCCCCCCCC(=O)OCC(CC)CCCC. The second kappa shape index (κ2) is 54.3. The Hall–Kier alpha value is -1.06. The molecule has 62 heavy (non-hydrogen) atoms. The maximum atomic E-state index is 12.1. The molecule has 0 saturated heterocycles. The Labute approximate surface area is 390 Å². The van der Waals surface area contributed by atoms with Gasteiger partial charge in [0, 0.05) is 12.8 Å². The average Bonchev–Trinajstić information content (AvgIpc) is 3.28. The molecular weight excluding hydrogens is 761 g/mol. The van der Waals surface area contributed by atoms with E-state index < -0.39 is 0 Å². The van der Waals surface area contributed by atoms with Crippen molar-refractivity contribution in [1.82, 2.24) is 0 Å². The molecule has 0 saturated carbocycles. The summed E-state index contributed by atoms with van der Waals surface area (Å²) in [5, 5.41) is 0. The van der Waals surface area contributed by atoms with Crippen molar-refractivity contribution < 1.29 is 19.1 Å². The molecule has 1 atom stereocenters. The topological polar surface area (TPSA) is 52.6 Å². The Morgan fingerprint density at radius 1 is 0.290 bits per heavy atom. The molecule has 370 valence electrons. The van der Waals surface area contributed by atoms with E-state index in [1.165, 1.54) is 283 Å². The molecule has 4 heteroatoms. The van der Waals surface area contributed by atoms with Crippen molar-refractivity contribution >= 4 is 11.9 Å². The minimum absolute atomic E-state index is 0.0184. The first-order chi connectivity index (χ1) is 30.6. The molecule has 0 spiro atoms. The van der Waals surface area contributed by atoms with Crippen LogP contribution in [0, 0.1) is 5.92 Å². The molecule has 0 aromatic rings. The van der Waals surface area contributed by atoms with Crippen LogP contribution in [-0.4, -0.2) is 25.2 Å². The van der Waals surface area contributed by atoms with E-state index >= 15 is 0 Å². The summed E-state index contributed by atoms with van der Waals surface area (Å²) in [6, 6.07) is 0. The summed E-state index contributed by atoms with van der Waals surface area (Å²) in [6.07, 6.45) is 66.0. The second-order valence-electron chi connectivity index (χ2n) is 20.0. The highest BCUT2D eigenvalue weighted by molar-refractivity contribution is 5.69. The molecule has 0 rings (SSSR count). The summed E-state index contributed by atoms with van der Waals surface area (Å²) in [5.74, 6) is 0.596. The zero-order valence-corrected chi connectivity index (χ0v) is 43.0. The molecule has 0 N–H and O–H groups in total. The van der Waals surface area contributed by atoms with Crippen LogP contribution in [0.4, 0.5) is 0 Å². The van der Waals surface area contributed by atoms with Crippen molar-refractivity contribution in [2.75, 3.05) is 13.2 Å². The van der Waals surface area contributed by atoms with Gasteiger partial charge in [-0.25, -0.2) is 0 Å². The first-order valence-electron chi connectivity index (χ1n) is 28.9. The molecule has 0 radical (unpaired) electrons. The number of carbonyl (C=O) groups excluding carboxylic acids is 2. The summed E-state index contributed by atoms with van der Waals surface area (Å²) >= 11 is 0. The van der Waals surface area contributed by atoms with Crippen molar-refractivity contribution in [3.05, 3.63) is 0 Å². The maximum Gasteiger partial charge on any atom is 0.305 e. The van der Waals surface area contributed by atoms with E-state index in [1.807, 2.05) is 0 Å². The van der Waals surface area contributed by atoms with Gasteiger partial charge in [0.1, 0.15) is 0 Å². The Balaban J connectivity index is 3.19. The predicted molar refractivity (Wildman–Crippen MR) is 273 cm³/mol. The molecule has 4 nitrogen and oxygen atoms in total. The molecule has 0 aliphatic heterocycles. The van der Waals surface area contributed by atoms with Crippen LogP contribution < -0.4 is 0 Å². The lowest BCUT2D eigenvalue weighted by molar-refractivity contribution is -0.145. The van der Waals surface area contributed by atoms with Crippen molar-refractivity contribution in [3.63, 3.8) is 0 Å². The fraction of sp³-hybridized carbons (Fsp3) is 0.966. The van der Waals surface area contributed by atoms with Gasteiger partial charge in [-0.3, -0.25) is 9.59 Å². The van der Waals surface area contributed by atoms with Gasteiger partial charge in [-0.1, -0.05) is 303 Å². The van der Waals surface area contributed by atoms with Crippen molar-refractivity contribution in [2.45, 2.75) is 342 Å². The Kier molecular flexibility index (Phi) is 53.3. The van der Waals surface area contributed by atoms with Gasteiger partial charge in [0.15, 0.2) is 0 Å². The van der Waals surface area contributed by atoms with Crippen LogP contribution in [0.25, 0.3) is 0 Å². The quantitative estimate of drug-likeness (QED) is 0.0451. The molecule has 0 fully saturated rings. The van der Waals surface area contributed by atoms with Crippen LogP contribution in [-0.2, 0) is 19.1 Å². The number of hydrogen-bond donors (Lipinski definition) is 0. The van der Waals surface area contributed by atoms with E-state index in [9.17, 15) is 9.59 Å². The highest BCUT2D eigenvalue weighted by atomic mass is 16.5. The van der Waals surface area contributed by atoms with Gasteiger partial charge in [-0.05, 0) is 31.6 Å². The molecule has 0 aliphatic carbocycles. The molecule has 0 aromatic heterocycles. The summed E-state index contributed by atoms with van der Waals surface area (Å²) in [6.45, 7) is 7.98. The first-order valence-corrected chi connectivity index (χ1v) is 28.9. The molecule has 0 bridgehead atoms. The number of esters is 2. The third kappa shape index (κ3) is 51.6. The summed E-state index contributed by atoms with van der Waals surface area (Å²) in [7, 11) is 0. The number of ether oxygens (including phenoxy) is 2. The fourth-order valence-electron chi connectivity index (χ4n) is 9.22. The van der Waals surface area contributed by atoms with Crippen molar-refractivity contribution in [3.8, 4) is 0 Å². The van der Waals surface area contributed by atoms with Gasteiger partial charge in [0.25, 0.3) is 0 Å². The van der Waals surface area contributed by atoms with Crippen molar-refractivity contribution in [1.29, 1.82) is 0 Å². The van der Waals surface area contributed by atoms with Crippen LogP contribution in [0.5, 0.6) is 0 Å². The Morgan fingerprint density at radius 2 is 0.532 bits per heavy atom. The van der Waals surface area contributed by atoms with Gasteiger partial charge in [0.05, 0.1) is 13.2 Å². The third-order valence-electron chi connectivity index (χ3n) is 13.8. The summed E-state index contributed by atoms with van der Waals surface area (Å²) in [5.41, 5.74) is 0. The lowest BCUT2D eigenvalue weighted by Crippen LogP contribution is -2.13. The smallest absolute Gasteiger partial charge is 0.305 e. The van der Waals surface area contributed by atoms with Crippen LogP contribution in [0.15, 0.2) is 0 Å². The molecule has 0 heterocycles. The normalized spacial score (nSPS) is 12.0. The largest absolute Gasteiger partial charge is 0.466 e. The Bertz CT molecular complexity index is 856. The third-order valence-corrected chi connectivity index (χ3v) is 13.8. The van der Waals surface area contributed by atoms with Gasteiger partial charge < -0.3 is 9.47 Å². The molecule has 0 amide bonds. The highest BCUT2D eigenvalue weighted by Crippen LogP contribution is 2.19. The average molecular weight is 876 g/mol. The zero-order chi connectivity index (χ0) is 44.9. The molecule has 1 unspecified atom stereocenters. The first kappa shape index (κ1) is 60.9. The van der Waals surface area contributed by atoms with Gasteiger partial charge in [-0.15, -0.1) is 0 Å². The minimum atomic E-state index is 0.0184. The van der Waals surface area contributed by atoms with Crippen molar-refractivity contribution in [2.24, 2.45) is 5.92 Å². The van der Waals surface area contributed by atoms with E-state index in [0.29, 0.717) is 32.0 Å². The maximum absolute atomic E-state index is 12.1. The number of hydrogen-bond acceptors (Lipinski definition) is 4. The second-order valence-corrected chi connectivity index (χ2v) is 20.0. The minimum Gasteiger partial charge on any atom is -0.466 e. The monoisotopic (exact) mass is 875 g/mol. The van der Waals surface area contributed by atoms with E-state index in [0.717, 1.165) is 25.7 Å². The van der Waals surface area contributed by atoms with E-state index in [1.54, 1.807) is 0 Å². The van der Waals surface area contributed by atoms with Gasteiger partial charge in [0.2, 0.25) is 0 Å². The molecule has 0 aromatic carbocycles. The molecule has 0 aliphatic rings. The summed E-state index contributed by atoms with van der Waals surface area (Å²) < 4.78 is 11.0. The Morgan fingerprint density at radius 3 is 0.806 bits per heavy atom. The fourth-order valence-corrected chi connectivity index (χ4v) is 9.22. The lowest BCUT2D eigenvalue weighted by Gasteiger charge is -2.14. The van der Waals surface area contributed by atoms with Crippen LogP contribution in [0.3, 0.4) is 0 Å². The number of rotatable bonds is 54. The lowest BCUT2D eigenvalue weighted by atomic mass is 10.0. The van der Waals surface area contributed by atoms with Gasteiger partial charge in [-0.2, -0.15) is 0 Å².